The summed E-state index contributed by atoms with van der Waals surface area (Å²) in [5.41, 5.74) is 0. The van der Waals surface area contributed by atoms with Gasteiger partial charge in [0.05, 0.1) is 7.11 Å². The number of ether oxygens (including phenoxy) is 2. The van der Waals surface area contributed by atoms with E-state index in [1.807, 2.05) is 0 Å². The number of methoxy groups -OCH3 is 1. The molecule has 0 fully saturated rings. The van der Waals surface area contributed by atoms with E-state index in [0.717, 1.165) is 6.61 Å². The van der Waals surface area contributed by atoms with Gasteiger partial charge in [-0.1, -0.05) is 20.3 Å². The predicted molar refractivity (Wildman–Crippen MR) is 64.4 cm³/mol. The molecule has 0 aliphatic rings. The highest BCUT2D eigenvalue weighted by atomic mass is 16.5. The van der Waals surface area contributed by atoms with Gasteiger partial charge in [0.1, 0.15) is 6.04 Å². The molecule has 0 rings (SSSR count). The summed E-state index contributed by atoms with van der Waals surface area (Å²) in [6, 6.07) is -0.258. The van der Waals surface area contributed by atoms with E-state index >= 15 is 0 Å². The fourth-order valence-electron chi connectivity index (χ4n) is 1.58. The Hall–Kier alpha value is -0.610. The number of esters is 1. The van der Waals surface area contributed by atoms with Crippen LogP contribution < -0.4 is 5.32 Å². The maximum absolute atomic E-state index is 11.2. The van der Waals surface area contributed by atoms with Gasteiger partial charge in [-0.3, -0.25) is 4.79 Å². The Morgan fingerprint density at radius 2 is 2.06 bits per heavy atom. The number of nitrogens with one attached hydrogen (secondary N) is 1. The molecule has 0 radical (unpaired) electrons. The number of hydrogen-bond acceptors (Lipinski definition) is 4. The maximum Gasteiger partial charge on any atom is 0.322 e. The lowest BCUT2D eigenvalue weighted by molar-refractivity contribution is -0.143. The minimum Gasteiger partial charge on any atom is -0.468 e. The van der Waals surface area contributed by atoms with E-state index in [1.165, 1.54) is 20.0 Å². The second kappa shape index (κ2) is 9.60. The molecule has 0 amide bonds. The summed E-state index contributed by atoms with van der Waals surface area (Å²) in [4.78, 5) is 11.2. The van der Waals surface area contributed by atoms with Crippen LogP contribution in [-0.4, -0.2) is 39.4 Å². The second-order valence-electron chi connectivity index (χ2n) is 4.12. The van der Waals surface area contributed by atoms with Gasteiger partial charge in [-0.2, -0.15) is 0 Å². The molecule has 96 valence electrons. The summed E-state index contributed by atoms with van der Waals surface area (Å²) in [5.74, 6) is 0.365. The first-order valence-electron chi connectivity index (χ1n) is 5.98. The Labute approximate surface area is 98.7 Å². The molecule has 0 spiro atoms. The van der Waals surface area contributed by atoms with E-state index in [-0.39, 0.29) is 12.0 Å². The third-order valence-corrected chi connectivity index (χ3v) is 2.57. The Morgan fingerprint density at radius 1 is 1.38 bits per heavy atom. The molecule has 0 aliphatic carbocycles. The third-order valence-electron chi connectivity index (χ3n) is 2.57. The van der Waals surface area contributed by atoms with Crippen LogP contribution in [0.4, 0.5) is 0 Å². The largest absolute Gasteiger partial charge is 0.468 e. The van der Waals surface area contributed by atoms with E-state index in [0.29, 0.717) is 18.9 Å². The lowest BCUT2D eigenvalue weighted by Crippen LogP contribution is -2.36. The van der Waals surface area contributed by atoms with Gasteiger partial charge >= 0.3 is 5.97 Å². The summed E-state index contributed by atoms with van der Waals surface area (Å²) < 4.78 is 10.2. The first-order chi connectivity index (χ1) is 7.65. The number of rotatable bonds is 9. The van der Waals surface area contributed by atoms with Gasteiger partial charge in [0, 0.05) is 13.2 Å². The summed E-state index contributed by atoms with van der Waals surface area (Å²) in [6.45, 7) is 5.71. The molecule has 1 N–H and O–H groups in total. The van der Waals surface area contributed by atoms with E-state index in [9.17, 15) is 4.79 Å². The summed E-state index contributed by atoms with van der Waals surface area (Å²) in [7, 11) is 3.15. The van der Waals surface area contributed by atoms with Gasteiger partial charge in [-0.15, -0.1) is 0 Å². The fraction of sp³-hybridized carbons (Fsp3) is 0.917. The molecular weight excluding hydrogens is 206 g/mol. The van der Waals surface area contributed by atoms with Crippen LogP contribution in [0.1, 0.15) is 33.1 Å². The molecular formula is C12H25NO3. The first kappa shape index (κ1) is 15.4. The normalized spacial score (nSPS) is 14.5. The van der Waals surface area contributed by atoms with E-state index in [4.69, 9.17) is 4.74 Å². The predicted octanol–water partition coefficient (Wildman–Crippen LogP) is 1.59. The van der Waals surface area contributed by atoms with Crippen molar-refractivity contribution in [3.05, 3.63) is 0 Å². The average molecular weight is 231 g/mol. The molecule has 2 unspecified atom stereocenters. The van der Waals surface area contributed by atoms with Crippen molar-refractivity contribution in [2.75, 3.05) is 27.4 Å². The number of carbonyl (C=O) groups excluding carboxylic acids is 1. The maximum atomic E-state index is 11.2. The second-order valence-corrected chi connectivity index (χ2v) is 4.12. The van der Waals surface area contributed by atoms with Crippen molar-refractivity contribution in [2.45, 2.75) is 39.2 Å². The van der Waals surface area contributed by atoms with Crippen molar-refractivity contribution >= 4 is 5.97 Å². The number of hydrogen-bond donors (Lipinski definition) is 1. The third kappa shape index (κ3) is 6.80. The number of carbonyl (C=O) groups is 1. The van der Waals surface area contributed by atoms with Gasteiger partial charge in [0.25, 0.3) is 0 Å². The molecule has 0 aromatic heterocycles. The van der Waals surface area contributed by atoms with E-state index in [1.54, 1.807) is 7.05 Å². The van der Waals surface area contributed by atoms with Crippen LogP contribution in [0.25, 0.3) is 0 Å². The van der Waals surface area contributed by atoms with Gasteiger partial charge in [-0.25, -0.2) is 0 Å². The molecule has 2 atom stereocenters. The molecule has 0 aliphatic heterocycles. The van der Waals surface area contributed by atoms with Crippen molar-refractivity contribution in [1.29, 1.82) is 0 Å². The highest BCUT2D eigenvalue weighted by Crippen LogP contribution is 2.05. The van der Waals surface area contributed by atoms with Crippen LogP contribution in [0.3, 0.4) is 0 Å². The zero-order chi connectivity index (χ0) is 12.4. The molecule has 4 heteroatoms. The Kier molecular flexibility index (Phi) is 9.24. The van der Waals surface area contributed by atoms with Crippen LogP contribution in [0.15, 0.2) is 0 Å². The molecule has 0 saturated carbocycles. The fourth-order valence-corrected chi connectivity index (χ4v) is 1.58. The first-order valence-corrected chi connectivity index (χ1v) is 5.98. The Bertz CT molecular complexity index is 185. The van der Waals surface area contributed by atoms with Crippen molar-refractivity contribution in [3.63, 3.8) is 0 Å². The standard InChI is InChI=1S/C12H25NO3/c1-5-6-10(2)9-16-8-7-11(13-3)12(14)15-4/h10-11,13H,5-9H2,1-4H3. The molecule has 0 aromatic carbocycles. The van der Waals surface area contributed by atoms with Gasteiger partial charge < -0.3 is 14.8 Å². The van der Waals surface area contributed by atoms with Gasteiger partial charge in [-0.05, 0) is 25.8 Å². The lowest BCUT2D eigenvalue weighted by atomic mass is 10.1. The van der Waals surface area contributed by atoms with E-state index in [2.05, 4.69) is 23.9 Å². The van der Waals surface area contributed by atoms with Crippen molar-refractivity contribution in [2.24, 2.45) is 5.92 Å². The topological polar surface area (TPSA) is 47.6 Å². The Morgan fingerprint density at radius 3 is 2.56 bits per heavy atom. The molecule has 16 heavy (non-hydrogen) atoms. The van der Waals surface area contributed by atoms with Crippen molar-refractivity contribution < 1.29 is 14.3 Å². The zero-order valence-corrected chi connectivity index (χ0v) is 10.9. The molecule has 0 aromatic rings. The van der Waals surface area contributed by atoms with Gasteiger partial charge in [0.15, 0.2) is 0 Å². The Balaban J connectivity index is 3.59. The summed E-state index contributed by atoms with van der Waals surface area (Å²) in [5, 5.41) is 2.91. The van der Waals surface area contributed by atoms with Crippen molar-refractivity contribution in [1.82, 2.24) is 5.32 Å². The average Bonchev–Trinajstić information content (AvgIpc) is 2.28. The van der Waals surface area contributed by atoms with Crippen LogP contribution in [0.5, 0.6) is 0 Å². The monoisotopic (exact) mass is 231 g/mol. The quantitative estimate of drug-likeness (QED) is 0.483. The molecule has 0 saturated heterocycles. The molecule has 4 nitrogen and oxygen atoms in total. The zero-order valence-electron chi connectivity index (χ0n) is 10.9. The highest BCUT2D eigenvalue weighted by molar-refractivity contribution is 5.75. The minimum atomic E-state index is -0.258. The SMILES string of the molecule is CCCC(C)COCCC(NC)C(=O)OC. The molecule has 0 heterocycles. The van der Waals surface area contributed by atoms with Crippen molar-refractivity contribution in [3.8, 4) is 0 Å². The molecule has 0 bridgehead atoms. The van der Waals surface area contributed by atoms with Gasteiger partial charge in [0.2, 0.25) is 0 Å². The lowest BCUT2D eigenvalue weighted by Gasteiger charge is -2.15. The van der Waals surface area contributed by atoms with Crippen LogP contribution in [0, 0.1) is 5.92 Å². The minimum absolute atomic E-state index is 0.229. The highest BCUT2D eigenvalue weighted by Gasteiger charge is 2.16. The summed E-state index contributed by atoms with van der Waals surface area (Å²) >= 11 is 0. The van der Waals surface area contributed by atoms with E-state index < -0.39 is 0 Å². The van der Waals surface area contributed by atoms with Crippen LogP contribution >= 0.6 is 0 Å². The summed E-state index contributed by atoms with van der Waals surface area (Å²) in [6.07, 6.45) is 3.03. The smallest absolute Gasteiger partial charge is 0.322 e. The van der Waals surface area contributed by atoms with Crippen LogP contribution in [-0.2, 0) is 14.3 Å². The van der Waals surface area contributed by atoms with Crippen LogP contribution in [0.2, 0.25) is 0 Å². The number of likely N-dealkylation sites (N-methyl/N-ethyl adjacent to an activating group) is 1.